The zero-order valence-corrected chi connectivity index (χ0v) is 13.8. The minimum Gasteiger partial charge on any atom is -0.325 e. The predicted octanol–water partition coefficient (Wildman–Crippen LogP) is 4.23. The number of benzene rings is 2. The van der Waals surface area contributed by atoms with Crippen molar-refractivity contribution in [3.63, 3.8) is 0 Å². The van der Waals surface area contributed by atoms with Gasteiger partial charge < -0.3 is 5.32 Å². The van der Waals surface area contributed by atoms with Crippen LogP contribution >= 0.6 is 0 Å². The highest BCUT2D eigenvalue weighted by Gasteiger charge is 2.57. The molecule has 0 saturated carbocycles. The second-order valence-electron chi connectivity index (χ2n) is 6.52. The number of nitrogens with zero attached hydrogens (tertiary/aromatic N) is 1. The summed E-state index contributed by atoms with van der Waals surface area (Å²) in [5.41, 5.74) is 1.28. The van der Waals surface area contributed by atoms with Crippen molar-refractivity contribution in [1.29, 1.82) is 5.26 Å². The number of carbonyl (C=O) groups excluding carboxylic acids is 1. The smallest absolute Gasteiger partial charge is 0.237 e. The molecule has 2 aromatic rings. The second-order valence-corrected chi connectivity index (χ2v) is 6.52. The van der Waals surface area contributed by atoms with Gasteiger partial charge in [0, 0.05) is 11.1 Å². The van der Waals surface area contributed by atoms with Gasteiger partial charge in [-0.2, -0.15) is 5.26 Å². The number of nitriles is 1. The first-order valence-electron chi connectivity index (χ1n) is 8.03. The van der Waals surface area contributed by atoms with E-state index in [1.165, 1.54) is 0 Å². The maximum Gasteiger partial charge on any atom is 0.237 e. The molecule has 2 atom stereocenters. The molecule has 0 radical (unpaired) electrons. The first-order chi connectivity index (χ1) is 11.6. The van der Waals surface area contributed by atoms with E-state index in [4.69, 9.17) is 0 Å². The van der Waals surface area contributed by atoms with Gasteiger partial charge in [0.1, 0.15) is 0 Å². The first kappa shape index (κ1) is 16.0. The fraction of sp³-hybridized carbons (Fsp3) is 0.238. The predicted molar refractivity (Wildman–Crippen MR) is 95.4 cm³/mol. The lowest BCUT2D eigenvalue weighted by Gasteiger charge is -2.42. The highest BCUT2D eigenvalue weighted by atomic mass is 16.2. The summed E-state index contributed by atoms with van der Waals surface area (Å²) in [4.78, 5) is 13.0. The van der Waals surface area contributed by atoms with E-state index in [1.54, 1.807) is 0 Å². The van der Waals surface area contributed by atoms with Crippen LogP contribution in [0.3, 0.4) is 0 Å². The molecule has 1 aliphatic rings. The molecule has 0 unspecified atom stereocenters. The van der Waals surface area contributed by atoms with Crippen molar-refractivity contribution in [2.24, 2.45) is 5.41 Å². The van der Waals surface area contributed by atoms with Crippen LogP contribution < -0.4 is 5.32 Å². The molecule has 0 aromatic heterocycles. The third kappa shape index (κ3) is 2.23. The molecule has 0 fully saturated rings. The average Bonchev–Trinajstić information content (AvgIpc) is 2.89. The van der Waals surface area contributed by atoms with E-state index in [2.05, 4.69) is 18.0 Å². The lowest BCUT2D eigenvalue weighted by molar-refractivity contribution is -0.124. The molecule has 1 N–H and O–H groups in total. The van der Waals surface area contributed by atoms with Crippen LogP contribution in [-0.4, -0.2) is 5.91 Å². The van der Waals surface area contributed by atoms with Crippen LogP contribution in [0.5, 0.6) is 0 Å². The third-order valence-corrected chi connectivity index (χ3v) is 5.21. The zero-order valence-electron chi connectivity index (χ0n) is 13.8. The number of rotatable bonds is 5. The van der Waals surface area contributed by atoms with Gasteiger partial charge in [0.15, 0.2) is 0 Å². The van der Waals surface area contributed by atoms with Crippen molar-refractivity contribution in [2.75, 3.05) is 5.32 Å². The molecule has 120 valence electrons. The molecule has 24 heavy (non-hydrogen) atoms. The molecule has 3 nitrogen and oxygen atoms in total. The summed E-state index contributed by atoms with van der Waals surface area (Å²) in [7, 11) is 0. The van der Waals surface area contributed by atoms with Crippen LogP contribution in [0.2, 0.25) is 0 Å². The van der Waals surface area contributed by atoms with Crippen LogP contribution in [0.25, 0.3) is 0 Å². The Labute approximate surface area is 142 Å². The standard InChI is InChI=1S/C21H20N2O/c1-3-20(2,15-16-9-5-4-6-10-16)21(13-14-22)17-11-7-8-12-18(17)23-19(21)24/h3-12H,1,13,15H2,2H3,(H,23,24)/t20-,21+/m0/s1. The molecule has 1 aliphatic heterocycles. The molecule has 3 rings (SSSR count). The van der Waals surface area contributed by atoms with Crippen molar-refractivity contribution in [3.05, 3.63) is 78.4 Å². The Kier molecular flexibility index (Phi) is 3.99. The third-order valence-electron chi connectivity index (χ3n) is 5.21. The normalized spacial score (nSPS) is 21.2. The Morgan fingerprint density at radius 1 is 1.21 bits per heavy atom. The van der Waals surface area contributed by atoms with Gasteiger partial charge >= 0.3 is 0 Å². The summed E-state index contributed by atoms with van der Waals surface area (Å²) in [5.74, 6) is -0.122. The molecular weight excluding hydrogens is 296 g/mol. The molecule has 0 bridgehead atoms. The largest absolute Gasteiger partial charge is 0.325 e. The number of amides is 1. The number of hydrogen-bond acceptors (Lipinski definition) is 2. The quantitative estimate of drug-likeness (QED) is 0.839. The highest BCUT2D eigenvalue weighted by Crippen LogP contribution is 2.53. The summed E-state index contributed by atoms with van der Waals surface area (Å²) < 4.78 is 0. The van der Waals surface area contributed by atoms with Crippen molar-refractivity contribution in [3.8, 4) is 6.07 Å². The van der Waals surface area contributed by atoms with E-state index in [0.717, 1.165) is 16.8 Å². The van der Waals surface area contributed by atoms with Crippen LogP contribution in [0.4, 0.5) is 5.69 Å². The monoisotopic (exact) mass is 316 g/mol. The van der Waals surface area contributed by atoms with Crippen LogP contribution in [-0.2, 0) is 16.6 Å². The molecule has 0 aliphatic carbocycles. The van der Waals surface area contributed by atoms with Gasteiger partial charge in [0.05, 0.1) is 17.9 Å². The molecule has 0 spiro atoms. The molecule has 1 heterocycles. The second kappa shape index (κ2) is 5.98. The van der Waals surface area contributed by atoms with Crippen LogP contribution in [0, 0.1) is 16.7 Å². The van der Waals surface area contributed by atoms with E-state index in [-0.39, 0.29) is 12.3 Å². The van der Waals surface area contributed by atoms with Crippen LogP contribution in [0.15, 0.2) is 67.3 Å². The van der Waals surface area contributed by atoms with E-state index < -0.39 is 10.8 Å². The van der Waals surface area contributed by atoms with Gasteiger partial charge in [-0.3, -0.25) is 4.79 Å². The van der Waals surface area contributed by atoms with E-state index in [0.29, 0.717) is 6.42 Å². The van der Waals surface area contributed by atoms with Gasteiger partial charge in [-0.05, 0) is 23.6 Å². The van der Waals surface area contributed by atoms with Gasteiger partial charge in [-0.15, -0.1) is 6.58 Å². The van der Waals surface area contributed by atoms with Gasteiger partial charge in [-0.1, -0.05) is 61.5 Å². The number of para-hydroxylation sites is 1. The maximum atomic E-state index is 13.0. The molecular formula is C21H20N2O. The Morgan fingerprint density at radius 3 is 2.54 bits per heavy atom. The van der Waals surface area contributed by atoms with E-state index in [1.807, 2.05) is 67.6 Å². The number of carbonyl (C=O) groups is 1. The average molecular weight is 316 g/mol. The molecule has 2 aromatic carbocycles. The van der Waals surface area contributed by atoms with Crippen molar-refractivity contribution >= 4 is 11.6 Å². The van der Waals surface area contributed by atoms with E-state index >= 15 is 0 Å². The topological polar surface area (TPSA) is 52.9 Å². The van der Waals surface area contributed by atoms with E-state index in [9.17, 15) is 10.1 Å². The lowest BCUT2D eigenvalue weighted by atomic mass is 9.57. The summed E-state index contributed by atoms with van der Waals surface area (Å²) in [6.07, 6.45) is 2.59. The number of nitrogens with one attached hydrogen (secondary N) is 1. The van der Waals surface area contributed by atoms with Gasteiger partial charge in [-0.25, -0.2) is 0 Å². The number of anilines is 1. The zero-order chi connectivity index (χ0) is 17.2. The maximum absolute atomic E-state index is 13.0. The molecule has 1 amide bonds. The van der Waals surface area contributed by atoms with Crippen molar-refractivity contribution in [1.82, 2.24) is 0 Å². The SMILES string of the molecule is C=C[C@@](C)(Cc1ccccc1)[C@@]1(CC#N)C(=O)Nc2ccccc21. The fourth-order valence-corrected chi connectivity index (χ4v) is 3.80. The van der Waals surface area contributed by atoms with Crippen molar-refractivity contribution in [2.45, 2.75) is 25.2 Å². The van der Waals surface area contributed by atoms with Gasteiger partial charge in [0.2, 0.25) is 5.91 Å². The number of fused-ring (bicyclic) bond motifs is 1. The Hall–Kier alpha value is -2.86. The Balaban J connectivity index is 2.18. The summed E-state index contributed by atoms with van der Waals surface area (Å²) >= 11 is 0. The fourth-order valence-electron chi connectivity index (χ4n) is 3.80. The Bertz CT molecular complexity index is 821. The minimum absolute atomic E-state index is 0.116. The van der Waals surface area contributed by atoms with Crippen molar-refractivity contribution < 1.29 is 4.79 Å². The lowest BCUT2D eigenvalue weighted by Crippen LogP contribution is -2.49. The minimum atomic E-state index is -0.935. The Morgan fingerprint density at radius 2 is 1.88 bits per heavy atom. The molecule has 3 heteroatoms. The first-order valence-corrected chi connectivity index (χ1v) is 8.03. The van der Waals surface area contributed by atoms with Crippen LogP contribution in [0.1, 0.15) is 24.5 Å². The van der Waals surface area contributed by atoms with Gasteiger partial charge in [0.25, 0.3) is 0 Å². The number of allylic oxidation sites excluding steroid dienone is 1. The highest BCUT2D eigenvalue weighted by molar-refractivity contribution is 6.07. The number of hydrogen-bond donors (Lipinski definition) is 1. The molecule has 0 saturated heterocycles. The summed E-state index contributed by atoms with van der Waals surface area (Å²) in [6.45, 7) is 6.04. The summed E-state index contributed by atoms with van der Waals surface area (Å²) in [5, 5.41) is 12.5. The summed E-state index contributed by atoms with van der Waals surface area (Å²) in [6, 6.07) is 19.9.